The molecule has 1 aliphatic heterocycles. The number of hydrogen-bond acceptors (Lipinski definition) is 4. The maximum atomic E-state index is 12.8. The minimum absolute atomic E-state index is 0.0545. The van der Waals surface area contributed by atoms with Crippen LogP contribution in [0, 0.1) is 0 Å². The molecule has 0 radical (unpaired) electrons. The lowest BCUT2D eigenvalue weighted by Crippen LogP contribution is -2.35. The van der Waals surface area contributed by atoms with Crippen LogP contribution in [0.1, 0.15) is 22.4 Å². The van der Waals surface area contributed by atoms with Gasteiger partial charge in [0, 0.05) is 41.3 Å². The summed E-state index contributed by atoms with van der Waals surface area (Å²) in [6.45, 7) is 1.23. The molecule has 0 unspecified atom stereocenters. The van der Waals surface area contributed by atoms with Crippen LogP contribution in [0.5, 0.6) is 5.75 Å². The van der Waals surface area contributed by atoms with Crippen molar-refractivity contribution in [1.29, 1.82) is 0 Å². The predicted octanol–water partition coefficient (Wildman–Crippen LogP) is 5.03. The second-order valence-electron chi connectivity index (χ2n) is 7.27. The minimum Gasteiger partial charge on any atom is -0.506 e. The molecule has 162 valence electrons. The maximum Gasteiger partial charge on any atom is 0.416 e. The molecule has 2 heterocycles. The van der Waals surface area contributed by atoms with Crippen molar-refractivity contribution in [2.24, 2.45) is 0 Å². The second kappa shape index (κ2) is 8.18. The first kappa shape index (κ1) is 21.7. The number of benzene rings is 2. The van der Waals surface area contributed by atoms with Gasteiger partial charge in [-0.25, -0.2) is 4.98 Å². The third-order valence-corrected chi connectivity index (χ3v) is 5.65. The lowest BCUT2D eigenvalue weighted by Gasteiger charge is -2.28. The monoisotopic (exact) mass is 469 g/mol. The molecule has 0 bridgehead atoms. The van der Waals surface area contributed by atoms with Gasteiger partial charge in [-0.1, -0.05) is 35.3 Å². The van der Waals surface area contributed by atoms with Gasteiger partial charge in [0.05, 0.1) is 16.3 Å². The second-order valence-corrected chi connectivity index (χ2v) is 8.11. The first-order chi connectivity index (χ1) is 14.6. The fourth-order valence-corrected chi connectivity index (χ4v) is 4.10. The average Bonchev–Trinajstić information content (AvgIpc) is 2.71. The van der Waals surface area contributed by atoms with E-state index in [1.54, 1.807) is 6.07 Å². The van der Waals surface area contributed by atoms with Gasteiger partial charge in [0.1, 0.15) is 11.6 Å². The van der Waals surface area contributed by atoms with Crippen LogP contribution >= 0.6 is 23.2 Å². The molecule has 0 spiro atoms. The molecule has 10 heteroatoms. The molecule has 0 aliphatic carbocycles. The van der Waals surface area contributed by atoms with E-state index in [9.17, 15) is 23.1 Å². The van der Waals surface area contributed by atoms with Crippen molar-refractivity contribution in [3.8, 4) is 17.1 Å². The summed E-state index contributed by atoms with van der Waals surface area (Å²) in [4.78, 5) is 21.7. The summed E-state index contributed by atoms with van der Waals surface area (Å²) in [6.07, 6.45) is -4.00. The Balaban J connectivity index is 1.61. The predicted molar refractivity (Wildman–Crippen MR) is 111 cm³/mol. The van der Waals surface area contributed by atoms with Gasteiger partial charge in [-0.3, -0.25) is 9.69 Å². The van der Waals surface area contributed by atoms with Gasteiger partial charge in [-0.15, -0.1) is 0 Å². The van der Waals surface area contributed by atoms with Crippen molar-refractivity contribution in [3.63, 3.8) is 0 Å². The first-order valence-electron chi connectivity index (χ1n) is 9.31. The van der Waals surface area contributed by atoms with Crippen LogP contribution < -0.4 is 5.56 Å². The van der Waals surface area contributed by atoms with Crippen molar-refractivity contribution >= 4 is 23.2 Å². The maximum absolute atomic E-state index is 12.8. The van der Waals surface area contributed by atoms with Crippen molar-refractivity contribution < 1.29 is 18.3 Å². The van der Waals surface area contributed by atoms with Crippen LogP contribution in [0.15, 0.2) is 41.2 Å². The Morgan fingerprint density at radius 3 is 2.55 bits per heavy atom. The molecule has 31 heavy (non-hydrogen) atoms. The minimum atomic E-state index is -4.44. The Hall–Kier alpha value is -2.55. The smallest absolute Gasteiger partial charge is 0.416 e. The van der Waals surface area contributed by atoms with Crippen LogP contribution in [0.25, 0.3) is 11.4 Å². The summed E-state index contributed by atoms with van der Waals surface area (Å²) < 4.78 is 38.4. The highest BCUT2D eigenvalue weighted by atomic mass is 35.5. The van der Waals surface area contributed by atoms with Crippen molar-refractivity contribution in [3.05, 3.63) is 79.2 Å². The number of phenols is 1. The molecule has 0 fully saturated rings. The van der Waals surface area contributed by atoms with Gasteiger partial charge in [-0.2, -0.15) is 13.2 Å². The molecule has 0 saturated heterocycles. The number of nitrogens with one attached hydrogen (secondary N) is 1. The molecule has 3 aromatic rings. The number of rotatable bonds is 3. The SMILES string of the molecule is O=c1[nH]c(-c2ccc(C(F)(F)F)cc2)nc2c1CCN(Cc1cc(Cl)cc(Cl)c1O)C2. The Kier molecular flexibility index (Phi) is 5.72. The number of phenolic OH excluding ortho intramolecular Hbond substituents is 1. The number of aromatic amines is 1. The highest BCUT2D eigenvalue weighted by Crippen LogP contribution is 2.33. The Morgan fingerprint density at radius 2 is 1.87 bits per heavy atom. The van der Waals surface area contributed by atoms with Crippen LogP contribution in [0.2, 0.25) is 10.0 Å². The fraction of sp³-hybridized carbons (Fsp3) is 0.238. The summed E-state index contributed by atoms with van der Waals surface area (Å²) in [5.41, 5.74) is 0.923. The summed E-state index contributed by atoms with van der Waals surface area (Å²) in [6, 6.07) is 7.53. The Bertz CT molecular complexity index is 1190. The molecular weight excluding hydrogens is 454 g/mol. The summed E-state index contributed by atoms with van der Waals surface area (Å²) in [7, 11) is 0. The number of fused-ring (bicyclic) bond motifs is 1. The average molecular weight is 470 g/mol. The fourth-order valence-electron chi connectivity index (χ4n) is 3.56. The van der Waals surface area contributed by atoms with Crippen molar-refractivity contribution in [2.45, 2.75) is 25.7 Å². The number of aromatic hydroxyl groups is 1. The molecule has 1 aromatic heterocycles. The number of nitrogens with zero attached hydrogens (tertiary/aromatic N) is 2. The van der Waals surface area contributed by atoms with E-state index in [1.165, 1.54) is 18.2 Å². The summed E-state index contributed by atoms with van der Waals surface area (Å²) in [5.74, 6) is 0.147. The quantitative estimate of drug-likeness (QED) is 0.564. The van der Waals surface area contributed by atoms with Gasteiger partial charge in [0.25, 0.3) is 5.56 Å². The van der Waals surface area contributed by atoms with Crippen LogP contribution in [0.3, 0.4) is 0 Å². The van der Waals surface area contributed by atoms with Gasteiger partial charge < -0.3 is 10.1 Å². The summed E-state index contributed by atoms with van der Waals surface area (Å²) >= 11 is 12.0. The van der Waals surface area contributed by atoms with E-state index >= 15 is 0 Å². The van der Waals surface area contributed by atoms with Crippen LogP contribution in [0.4, 0.5) is 13.2 Å². The molecule has 2 N–H and O–H groups in total. The number of aromatic nitrogens is 2. The van der Waals surface area contributed by atoms with Crippen molar-refractivity contribution in [2.75, 3.05) is 6.54 Å². The van der Waals surface area contributed by atoms with E-state index in [1.807, 2.05) is 4.90 Å². The zero-order chi connectivity index (χ0) is 22.3. The molecule has 0 saturated carbocycles. The Morgan fingerprint density at radius 1 is 1.16 bits per heavy atom. The Labute approximate surface area is 185 Å². The zero-order valence-electron chi connectivity index (χ0n) is 15.9. The van der Waals surface area contributed by atoms with E-state index in [0.717, 1.165) is 12.1 Å². The van der Waals surface area contributed by atoms with Gasteiger partial charge >= 0.3 is 6.18 Å². The highest BCUT2D eigenvalue weighted by Gasteiger charge is 2.30. The highest BCUT2D eigenvalue weighted by molar-refractivity contribution is 6.35. The number of alkyl halides is 3. The number of halogens is 5. The van der Waals surface area contributed by atoms with Crippen LogP contribution in [-0.4, -0.2) is 26.5 Å². The standard InChI is InChI=1S/C21H16Cl2F3N3O2/c22-14-7-12(18(30)16(23)8-14)9-29-6-5-15-17(10-29)27-19(28-20(15)31)11-1-3-13(4-2-11)21(24,25)26/h1-4,7-8,30H,5-6,9-10H2,(H,27,28,31). The normalized spacial score (nSPS) is 14.5. The molecule has 4 rings (SSSR count). The molecular formula is C21H16Cl2F3N3O2. The van der Waals surface area contributed by atoms with Crippen molar-refractivity contribution in [1.82, 2.24) is 14.9 Å². The number of H-pyrrole nitrogens is 1. The van der Waals surface area contributed by atoms with E-state index < -0.39 is 11.7 Å². The van der Waals surface area contributed by atoms with E-state index in [-0.39, 0.29) is 22.2 Å². The topological polar surface area (TPSA) is 69.2 Å². The molecule has 0 atom stereocenters. The van der Waals surface area contributed by atoms with E-state index in [4.69, 9.17) is 23.2 Å². The molecule has 1 aliphatic rings. The molecule has 0 amide bonds. The van der Waals surface area contributed by atoms with E-state index in [2.05, 4.69) is 9.97 Å². The third-order valence-electron chi connectivity index (χ3n) is 5.14. The van der Waals surface area contributed by atoms with Gasteiger partial charge in [-0.05, 0) is 30.7 Å². The zero-order valence-corrected chi connectivity index (χ0v) is 17.4. The van der Waals surface area contributed by atoms with Gasteiger partial charge in [0.15, 0.2) is 0 Å². The number of hydrogen-bond donors (Lipinski definition) is 2. The van der Waals surface area contributed by atoms with Crippen LogP contribution in [-0.2, 0) is 25.7 Å². The third kappa shape index (κ3) is 4.56. The largest absolute Gasteiger partial charge is 0.506 e. The lowest BCUT2D eigenvalue weighted by atomic mass is 10.0. The molecule has 5 nitrogen and oxygen atoms in total. The first-order valence-corrected chi connectivity index (χ1v) is 10.1. The van der Waals surface area contributed by atoms with Gasteiger partial charge in [0.2, 0.25) is 0 Å². The molecule has 2 aromatic carbocycles. The summed E-state index contributed by atoms with van der Waals surface area (Å²) in [5, 5.41) is 10.7. The van der Waals surface area contributed by atoms with E-state index in [0.29, 0.717) is 53.5 Å². The lowest BCUT2D eigenvalue weighted by molar-refractivity contribution is -0.137.